The molecule has 1 aromatic carbocycles. The van der Waals surface area contributed by atoms with Crippen LogP contribution in [-0.2, 0) is 11.8 Å². The van der Waals surface area contributed by atoms with E-state index in [9.17, 15) is 10.2 Å². The normalized spacial score (nSPS) is 35.5. The van der Waals surface area contributed by atoms with Crippen LogP contribution in [0.3, 0.4) is 0 Å². The Morgan fingerprint density at radius 2 is 2.10 bits per heavy atom. The van der Waals surface area contributed by atoms with Gasteiger partial charge < -0.3 is 15.1 Å². The lowest BCUT2D eigenvalue weighted by Crippen LogP contribution is -2.58. The van der Waals surface area contributed by atoms with Crippen LogP contribution in [0.25, 0.3) is 0 Å². The minimum absolute atomic E-state index is 0.0301. The van der Waals surface area contributed by atoms with E-state index < -0.39 is 0 Å². The van der Waals surface area contributed by atoms with Gasteiger partial charge >= 0.3 is 0 Å². The van der Waals surface area contributed by atoms with Crippen molar-refractivity contribution in [3.8, 4) is 11.5 Å². The summed E-state index contributed by atoms with van der Waals surface area (Å²) in [7, 11) is 2.21. The lowest BCUT2D eigenvalue weighted by atomic mass is 9.54. The number of fused-ring (bicyclic) bond motifs is 1. The van der Waals surface area contributed by atoms with Crippen molar-refractivity contribution in [3.63, 3.8) is 0 Å². The van der Waals surface area contributed by atoms with E-state index in [2.05, 4.69) is 24.1 Å². The standard InChI is InChI=1S/C17H21NO2/c1-18-9-8-17-7-3-2-4-12(17)13(18)10-11-5-6-14(19)16(20)15(11)17/h2,4-6,12-13,19-20H,3,7-10H2,1H3/t12-,13+,17?/m0/s1. The van der Waals surface area contributed by atoms with Gasteiger partial charge in [-0.2, -0.15) is 0 Å². The molecule has 0 radical (unpaired) electrons. The summed E-state index contributed by atoms with van der Waals surface area (Å²) in [6.07, 6.45) is 8.84. The molecule has 20 heavy (non-hydrogen) atoms. The molecule has 3 aliphatic rings. The van der Waals surface area contributed by atoms with Crippen LogP contribution >= 0.6 is 0 Å². The molecule has 0 amide bonds. The highest BCUT2D eigenvalue weighted by Crippen LogP contribution is 2.57. The molecular formula is C17H21NO2. The summed E-state index contributed by atoms with van der Waals surface area (Å²) in [4.78, 5) is 2.46. The van der Waals surface area contributed by atoms with Crippen LogP contribution in [-0.4, -0.2) is 34.7 Å². The number of likely N-dealkylation sites (tertiary alicyclic amines) is 1. The first-order valence-corrected chi connectivity index (χ1v) is 7.55. The Hall–Kier alpha value is -1.48. The second-order valence-electron chi connectivity index (χ2n) is 6.62. The van der Waals surface area contributed by atoms with Gasteiger partial charge in [-0.15, -0.1) is 0 Å². The van der Waals surface area contributed by atoms with Gasteiger partial charge in [0.2, 0.25) is 0 Å². The maximum absolute atomic E-state index is 10.5. The SMILES string of the molecule is CN1CCC23CCC=C[C@H]2[C@H]1Cc1ccc(O)c(O)c13. The number of nitrogens with zero attached hydrogens (tertiary/aromatic N) is 1. The third-order valence-electron chi connectivity index (χ3n) is 5.80. The van der Waals surface area contributed by atoms with Crippen LogP contribution in [0.2, 0.25) is 0 Å². The Morgan fingerprint density at radius 3 is 2.95 bits per heavy atom. The van der Waals surface area contributed by atoms with Crippen molar-refractivity contribution in [2.24, 2.45) is 5.92 Å². The van der Waals surface area contributed by atoms with E-state index in [1.165, 1.54) is 5.56 Å². The highest BCUT2D eigenvalue weighted by atomic mass is 16.3. The van der Waals surface area contributed by atoms with Crippen LogP contribution in [0.5, 0.6) is 11.5 Å². The van der Waals surface area contributed by atoms with Crippen LogP contribution < -0.4 is 0 Å². The molecule has 3 atom stereocenters. The van der Waals surface area contributed by atoms with Gasteiger partial charge in [-0.3, -0.25) is 0 Å². The highest BCUT2D eigenvalue weighted by Gasteiger charge is 2.53. The molecule has 3 heteroatoms. The quantitative estimate of drug-likeness (QED) is 0.563. The van der Waals surface area contributed by atoms with Crippen molar-refractivity contribution < 1.29 is 10.2 Å². The Balaban J connectivity index is 1.99. The average molecular weight is 271 g/mol. The number of likely N-dealkylation sites (N-methyl/N-ethyl adjacent to an activating group) is 1. The summed E-state index contributed by atoms with van der Waals surface area (Å²) in [6.45, 7) is 1.07. The molecule has 1 heterocycles. The Morgan fingerprint density at radius 1 is 1.25 bits per heavy atom. The first kappa shape index (κ1) is 12.3. The molecule has 0 spiro atoms. The Labute approximate surface area is 119 Å². The maximum atomic E-state index is 10.5. The third-order valence-corrected chi connectivity index (χ3v) is 5.80. The van der Waals surface area contributed by atoms with Crippen LogP contribution in [0.15, 0.2) is 24.3 Å². The first-order chi connectivity index (χ1) is 9.63. The average Bonchev–Trinajstić information content (AvgIpc) is 2.46. The monoisotopic (exact) mass is 271 g/mol. The molecule has 3 nitrogen and oxygen atoms in total. The van der Waals surface area contributed by atoms with Gasteiger partial charge in [0.15, 0.2) is 11.5 Å². The molecular weight excluding hydrogens is 250 g/mol. The van der Waals surface area contributed by atoms with Crippen molar-refractivity contribution in [3.05, 3.63) is 35.4 Å². The smallest absolute Gasteiger partial charge is 0.161 e. The second kappa shape index (κ2) is 4.01. The molecule has 1 unspecified atom stereocenters. The zero-order valence-corrected chi connectivity index (χ0v) is 11.8. The molecule has 0 saturated carbocycles. The molecule has 1 fully saturated rings. The van der Waals surface area contributed by atoms with Crippen molar-refractivity contribution in [1.29, 1.82) is 0 Å². The maximum Gasteiger partial charge on any atom is 0.161 e. The Kier molecular flexibility index (Phi) is 2.46. The number of phenols is 2. The largest absolute Gasteiger partial charge is 0.504 e. The van der Waals surface area contributed by atoms with E-state index in [0.29, 0.717) is 12.0 Å². The number of benzene rings is 1. The number of hydrogen-bond acceptors (Lipinski definition) is 3. The third kappa shape index (κ3) is 1.39. The van der Waals surface area contributed by atoms with Gasteiger partial charge in [-0.05, 0) is 50.9 Å². The number of hydrogen-bond donors (Lipinski definition) is 2. The van der Waals surface area contributed by atoms with Gasteiger partial charge in [0.05, 0.1) is 0 Å². The van der Waals surface area contributed by atoms with E-state index in [1.54, 1.807) is 6.07 Å². The summed E-state index contributed by atoms with van der Waals surface area (Å²) in [5, 5.41) is 20.4. The lowest BCUT2D eigenvalue weighted by Gasteiger charge is -2.56. The molecule has 1 aliphatic heterocycles. The van der Waals surface area contributed by atoms with Crippen molar-refractivity contribution >= 4 is 0 Å². The molecule has 2 aliphatic carbocycles. The highest BCUT2D eigenvalue weighted by molar-refractivity contribution is 5.56. The van der Waals surface area contributed by atoms with Gasteiger partial charge in [0.25, 0.3) is 0 Å². The van der Waals surface area contributed by atoms with Gasteiger partial charge in [0, 0.05) is 22.9 Å². The number of aromatic hydroxyl groups is 2. The van der Waals surface area contributed by atoms with E-state index in [4.69, 9.17) is 0 Å². The van der Waals surface area contributed by atoms with Gasteiger partial charge in [0.1, 0.15) is 0 Å². The summed E-state index contributed by atoms with van der Waals surface area (Å²) in [5.41, 5.74) is 2.29. The van der Waals surface area contributed by atoms with Crippen LogP contribution in [0, 0.1) is 5.92 Å². The molecule has 0 aromatic heterocycles. The number of allylic oxidation sites excluding steroid dienone is 1. The van der Waals surface area contributed by atoms with E-state index in [0.717, 1.165) is 37.8 Å². The fraction of sp³-hybridized carbons (Fsp3) is 0.529. The van der Waals surface area contributed by atoms with Crippen molar-refractivity contribution in [1.82, 2.24) is 4.90 Å². The van der Waals surface area contributed by atoms with Gasteiger partial charge in [-0.1, -0.05) is 18.2 Å². The summed E-state index contributed by atoms with van der Waals surface area (Å²) in [6, 6.07) is 4.17. The molecule has 106 valence electrons. The van der Waals surface area contributed by atoms with E-state index in [1.807, 2.05) is 6.07 Å². The molecule has 2 N–H and O–H groups in total. The summed E-state index contributed by atoms with van der Waals surface area (Å²) >= 11 is 0. The molecule has 1 saturated heterocycles. The van der Waals surface area contributed by atoms with Crippen molar-refractivity contribution in [2.75, 3.05) is 13.6 Å². The van der Waals surface area contributed by atoms with E-state index >= 15 is 0 Å². The zero-order chi connectivity index (χ0) is 13.9. The molecule has 4 rings (SSSR count). The summed E-state index contributed by atoms with van der Waals surface area (Å²) in [5.74, 6) is 0.629. The first-order valence-electron chi connectivity index (χ1n) is 7.55. The number of rotatable bonds is 0. The predicted molar refractivity (Wildman–Crippen MR) is 78.1 cm³/mol. The topological polar surface area (TPSA) is 43.7 Å². The fourth-order valence-electron chi connectivity index (χ4n) is 4.81. The summed E-state index contributed by atoms with van der Waals surface area (Å²) < 4.78 is 0. The van der Waals surface area contributed by atoms with Crippen molar-refractivity contribution in [2.45, 2.75) is 37.1 Å². The number of piperidine rings is 1. The van der Waals surface area contributed by atoms with Crippen LogP contribution in [0.1, 0.15) is 30.4 Å². The minimum atomic E-state index is 0.0301. The minimum Gasteiger partial charge on any atom is -0.504 e. The number of phenolic OH excluding ortho intramolecular Hbond substituents is 2. The lowest BCUT2D eigenvalue weighted by molar-refractivity contribution is 0.0458. The van der Waals surface area contributed by atoms with Gasteiger partial charge in [-0.25, -0.2) is 0 Å². The molecule has 2 bridgehead atoms. The zero-order valence-electron chi connectivity index (χ0n) is 11.8. The fourth-order valence-corrected chi connectivity index (χ4v) is 4.81. The molecule has 1 aromatic rings. The Bertz CT molecular complexity index is 595. The van der Waals surface area contributed by atoms with Crippen LogP contribution in [0.4, 0.5) is 0 Å². The second-order valence-corrected chi connectivity index (χ2v) is 6.62. The predicted octanol–water partition coefficient (Wildman–Crippen LogP) is 2.56. The van der Waals surface area contributed by atoms with E-state index in [-0.39, 0.29) is 16.9 Å².